The van der Waals surface area contributed by atoms with Gasteiger partial charge in [-0.15, -0.1) is 0 Å². The van der Waals surface area contributed by atoms with Gasteiger partial charge in [0.1, 0.15) is 5.76 Å². The Kier molecular flexibility index (Phi) is 4.71. The molecule has 1 unspecified atom stereocenters. The lowest BCUT2D eigenvalue weighted by Crippen LogP contribution is -2.29. The molecule has 0 saturated carbocycles. The summed E-state index contributed by atoms with van der Waals surface area (Å²) in [6.07, 6.45) is 3.21. The van der Waals surface area contributed by atoms with Crippen LogP contribution in [-0.4, -0.2) is 26.8 Å². The van der Waals surface area contributed by atoms with Crippen LogP contribution in [-0.2, 0) is 9.59 Å². The van der Waals surface area contributed by atoms with Gasteiger partial charge in [-0.2, -0.15) is 0 Å². The molecule has 0 aliphatic carbocycles. The lowest BCUT2D eigenvalue weighted by molar-refractivity contribution is -0.132. The summed E-state index contributed by atoms with van der Waals surface area (Å²) in [5.74, 6) is -1.67. The molecule has 0 bridgehead atoms. The number of benzene rings is 3. The molecule has 1 saturated heterocycles. The third kappa shape index (κ3) is 3.09. The highest BCUT2D eigenvalue weighted by Crippen LogP contribution is 2.44. The Hall–Kier alpha value is -4.36. The second kappa shape index (κ2) is 7.90. The Morgan fingerprint density at radius 2 is 1.62 bits per heavy atom. The fourth-order valence-corrected chi connectivity index (χ4v) is 5.42. The number of aromatic nitrogens is 2. The summed E-state index contributed by atoms with van der Waals surface area (Å²) >= 11 is 1.33. The second-order valence-corrected chi connectivity index (χ2v) is 8.95. The summed E-state index contributed by atoms with van der Waals surface area (Å²) in [6, 6.07) is 23.3. The first-order valence-corrected chi connectivity index (χ1v) is 11.5. The molecule has 3 heterocycles. The maximum Gasteiger partial charge on any atom is 0.301 e. The number of hydrogen-bond donors (Lipinski definition) is 1. The topological polar surface area (TPSA) is 83.4 Å². The van der Waals surface area contributed by atoms with Crippen LogP contribution in [0.3, 0.4) is 0 Å². The van der Waals surface area contributed by atoms with E-state index >= 15 is 0 Å². The van der Waals surface area contributed by atoms with Crippen LogP contribution >= 0.6 is 11.3 Å². The smallest absolute Gasteiger partial charge is 0.301 e. The van der Waals surface area contributed by atoms with Gasteiger partial charge in [-0.05, 0) is 40.6 Å². The molecule has 1 N–H and O–H groups in total. The van der Waals surface area contributed by atoms with Gasteiger partial charge in [0, 0.05) is 18.0 Å². The van der Waals surface area contributed by atoms with Crippen molar-refractivity contribution in [1.29, 1.82) is 0 Å². The van der Waals surface area contributed by atoms with E-state index in [0.717, 1.165) is 21.0 Å². The largest absolute Gasteiger partial charge is 0.507 e. The molecule has 1 amide bonds. The van der Waals surface area contributed by atoms with Gasteiger partial charge in [0.2, 0.25) is 0 Å². The van der Waals surface area contributed by atoms with E-state index in [0.29, 0.717) is 16.3 Å². The predicted molar refractivity (Wildman–Crippen MR) is 133 cm³/mol. The van der Waals surface area contributed by atoms with Crippen LogP contribution in [0.25, 0.3) is 26.7 Å². The van der Waals surface area contributed by atoms with Crippen molar-refractivity contribution in [2.24, 2.45) is 0 Å². The van der Waals surface area contributed by atoms with Crippen LogP contribution < -0.4 is 4.90 Å². The molecular weight excluding hydrogens is 446 g/mol. The van der Waals surface area contributed by atoms with Gasteiger partial charge < -0.3 is 5.11 Å². The number of anilines is 1. The minimum absolute atomic E-state index is 0.0341. The number of carbonyl (C=O) groups is 2. The standard InChI is InChI=1S/C27H17N3O3S/c31-24(19-9-5-7-16-6-1-2-8-18(16)19)22-23(17-12-14-28-15-13-17)30(26(33)25(22)32)27-29-20-10-3-4-11-21(20)34-27/h1-15,23,31H/b24-22+. The molecule has 1 atom stereocenters. The van der Waals surface area contributed by atoms with E-state index in [1.165, 1.54) is 16.2 Å². The fourth-order valence-electron chi connectivity index (χ4n) is 4.43. The van der Waals surface area contributed by atoms with Crippen molar-refractivity contribution in [2.75, 3.05) is 4.90 Å². The first-order chi connectivity index (χ1) is 16.6. The number of fused-ring (bicyclic) bond motifs is 2. The molecule has 6 rings (SSSR count). The van der Waals surface area contributed by atoms with Crippen LogP contribution in [0, 0.1) is 0 Å². The number of pyridine rings is 1. The van der Waals surface area contributed by atoms with Crippen molar-refractivity contribution in [1.82, 2.24) is 9.97 Å². The Bertz CT molecular complexity index is 1590. The molecule has 7 heteroatoms. The van der Waals surface area contributed by atoms with Crippen LogP contribution in [0.2, 0.25) is 0 Å². The van der Waals surface area contributed by atoms with Crippen LogP contribution in [0.5, 0.6) is 0 Å². The Morgan fingerprint density at radius 3 is 2.44 bits per heavy atom. The summed E-state index contributed by atoms with van der Waals surface area (Å²) in [6.45, 7) is 0. The number of ketones is 1. The quantitative estimate of drug-likeness (QED) is 0.218. The molecule has 1 fully saturated rings. The van der Waals surface area contributed by atoms with E-state index in [2.05, 4.69) is 9.97 Å². The third-order valence-electron chi connectivity index (χ3n) is 6.00. The average molecular weight is 464 g/mol. The van der Waals surface area contributed by atoms with Crippen molar-refractivity contribution in [3.63, 3.8) is 0 Å². The molecular formula is C27H17N3O3S. The molecule has 0 spiro atoms. The number of thiazole rings is 1. The average Bonchev–Trinajstić information content (AvgIpc) is 3.42. The molecule has 1 aliphatic heterocycles. The van der Waals surface area contributed by atoms with E-state index in [1.54, 1.807) is 30.6 Å². The summed E-state index contributed by atoms with van der Waals surface area (Å²) in [7, 11) is 0. The van der Waals surface area contributed by atoms with Crippen LogP contribution in [0.1, 0.15) is 17.2 Å². The van der Waals surface area contributed by atoms with Crippen molar-refractivity contribution >= 4 is 54.9 Å². The molecule has 1 aliphatic rings. The summed E-state index contributed by atoms with van der Waals surface area (Å²) in [4.78, 5) is 36.8. The van der Waals surface area contributed by atoms with Crippen LogP contribution in [0.15, 0.2) is 96.8 Å². The third-order valence-corrected chi connectivity index (χ3v) is 7.04. The Balaban J connectivity index is 1.61. The van der Waals surface area contributed by atoms with E-state index < -0.39 is 17.7 Å². The highest BCUT2D eigenvalue weighted by atomic mass is 32.1. The number of carbonyl (C=O) groups excluding carboxylic acids is 2. The van der Waals surface area contributed by atoms with Gasteiger partial charge in [-0.3, -0.25) is 19.5 Å². The molecule has 3 aromatic carbocycles. The Labute approximate surface area is 198 Å². The first-order valence-electron chi connectivity index (χ1n) is 10.7. The minimum atomic E-state index is -0.831. The van der Waals surface area contributed by atoms with E-state index in [4.69, 9.17) is 0 Å². The summed E-state index contributed by atoms with van der Waals surface area (Å²) < 4.78 is 0.905. The molecule has 34 heavy (non-hydrogen) atoms. The maximum atomic E-state index is 13.4. The molecule has 2 aromatic heterocycles. The summed E-state index contributed by atoms with van der Waals surface area (Å²) in [5, 5.41) is 13.6. The van der Waals surface area contributed by atoms with Gasteiger partial charge in [-0.25, -0.2) is 4.98 Å². The SMILES string of the molecule is O=C1C(=O)N(c2nc3ccccc3s2)C(c2ccncc2)/C1=C(\O)c1cccc2ccccc12. The van der Waals surface area contributed by atoms with Crippen molar-refractivity contribution in [2.45, 2.75) is 6.04 Å². The summed E-state index contributed by atoms with van der Waals surface area (Å²) in [5.41, 5.74) is 1.94. The van der Waals surface area contributed by atoms with E-state index in [9.17, 15) is 14.7 Å². The number of Topliss-reactive ketones (excluding diaryl/α,β-unsaturated/α-hetero) is 1. The normalized spacial score (nSPS) is 17.6. The van der Waals surface area contributed by atoms with Gasteiger partial charge >= 0.3 is 5.91 Å². The van der Waals surface area contributed by atoms with Gasteiger partial charge in [0.05, 0.1) is 21.8 Å². The number of aliphatic hydroxyl groups is 1. The zero-order valence-corrected chi connectivity index (χ0v) is 18.6. The molecule has 6 nitrogen and oxygen atoms in total. The number of para-hydroxylation sites is 1. The van der Waals surface area contributed by atoms with Crippen molar-refractivity contribution in [3.05, 3.63) is 108 Å². The predicted octanol–water partition coefficient (Wildman–Crippen LogP) is 5.47. The lowest BCUT2D eigenvalue weighted by atomic mass is 9.94. The van der Waals surface area contributed by atoms with E-state index in [1.807, 2.05) is 60.7 Å². The number of amides is 1. The highest BCUT2D eigenvalue weighted by molar-refractivity contribution is 7.22. The Morgan fingerprint density at radius 1 is 0.882 bits per heavy atom. The maximum absolute atomic E-state index is 13.4. The minimum Gasteiger partial charge on any atom is -0.507 e. The van der Waals surface area contributed by atoms with Crippen molar-refractivity contribution < 1.29 is 14.7 Å². The highest BCUT2D eigenvalue weighted by Gasteiger charge is 2.48. The zero-order valence-electron chi connectivity index (χ0n) is 17.8. The molecule has 164 valence electrons. The van der Waals surface area contributed by atoms with Crippen LogP contribution in [0.4, 0.5) is 5.13 Å². The van der Waals surface area contributed by atoms with Gasteiger partial charge in [0.25, 0.3) is 5.78 Å². The zero-order chi connectivity index (χ0) is 23.2. The second-order valence-electron chi connectivity index (χ2n) is 7.94. The van der Waals surface area contributed by atoms with Crippen molar-refractivity contribution in [3.8, 4) is 0 Å². The molecule has 5 aromatic rings. The van der Waals surface area contributed by atoms with Gasteiger partial charge in [-0.1, -0.05) is 65.9 Å². The number of nitrogens with zero attached hydrogens (tertiary/aromatic N) is 3. The number of hydrogen-bond acceptors (Lipinski definition) is 6. The fraction of sp³-hybridized carbons (Fsp3) is 0.0370. The van der Waals surface area contributed by atoms with Gasteiger partial charge in [0.15, 0.2) is 5.13 Å². The number of rotatable bonds is 3. The molecule has 0 radical (unpaired) electrons. The number of aliphatic hydroxyl groups excluding tert-OH is 1. The van der Waals surface area contributed by atoms with E-state index in [-0.39, 0.29) is 11.3 Å². The first kappa shape index (κ1) is 20.3. The lowest BCUT2D eigenvalue weighted by Gasteiger charge is -2.22. The monoisotopic (exact) mass is 463 g/mol.